The molecule has 1 rings (SSSR count). The molecule has 0 atom stereocenters. The topological polar surface area (TPSA) is 83.0 Å². The maximum absolute atomic E-state index is 11.6. The minimum atomic E-state index is -3.00. The van der Waals surface area contributed by atoms with Crippen LogP contribution in [0.3, 0.4) is 0 Å². The largest absolute Gasteiger partial charge is 0.382 e. The zero-order valence-electron chi connectivity index (χ0n) is 12.8. The fraction of sp³-hybridized carbons (Fsp3) is 0.917. The number of ether oxygens (including phenoxy) is 1. The summed E-state index contributed by atoms with van der Waals surface area (Å²) in [6.45, 7) is 5.89. The van der Waals surface area contributed by atoms with Gasteiger partial charge in [-0.05, 0) is 19.8 Å². The number of aliphatic imine (C=N–C) groups is 1. The second-order valence-corrected chi connectivity index (χ2v) is 6.63. The number of hydrogen-bond acceptors (Lipinski definition) is 4. The number of nitrogens with one attached hydrogen (secondary N) is 2. The van der Waals surface area contributed by atoms with Crippen LogP contribution in [-0.2, 0) is 14.8 Å². The lowest BCUT2D eigenvalue weighted by Crippen LogP contribution is -2.42. The highest BCUT2D eigenvalue weighted by Gasteiger charge is 2.27. The van der Waals surface area contributed by atoms with Gasteiger partial charge in [-0.1, -0.05) is 0 Å². The van der Waals surface area contributed by atoms with Crippen molar-refractivity contribution in [3.63, 3.8) is 0 Å². The van der Waals surface area contributed by atoms with E-state index in [4.69, 9.17) is 4.74 Å². The van der Waals surface area contributed by atoms with E-state index in [2.05, 4.69) is 15.6 Å². The van der Waals surface area contributed by atoms with E-state index in [1.54, 1.807) is 7.05 Å². The smallest absolute Gasteiger partial charge is 0.214 e. The summed E-state index contributed by atoms with van der Waals surface area (Å²) in [6, 6.07) is 0. The van der Waals surface area contributed by atoms with E-state index in [-0.39, 0.29) is 29.7 Å². The van der Waals surface area contributed by atoms with Crippen molar-refractivity contribution in [1.82, 2.24) is 14.9 Å². The summed E-state index contributed by atoms with van der Waals surface area (Å²) in [7, 11) is -1.30. The monoisotopic (exact) mass is 434 g/mol. The number of nitrogens with zero attached hydrogens (tertiary/aromatic N) is 2. The van der Waals surface area contributed by atoms with Gasteiger partial charge in [-0.2, -0.15) is 0 Å². The Labute approximate surface area is 145 Å². The van der Waals surface area contributed by atoms with Crippen molar-refractivity contribution in [1.29, 1.82) is 0 Å². The molecule has 0 amide bonds. The van der Waals surface area contributed by atoms with Crippen molar-refractivity contribution in [3.05, 3.63) is 0 Å². The maximum Gasteiger partial charge on any atom is 0.214 e. The normalized spacial score (nSPS) is 18.3. The summed E-state index contributed by atoms with van der Waals surface area (Å²) in [6.07, 6.45) is 1.64. The molecule has 0 aromatic carbocycles. The van der Waals surface area contributed by atoms with E-state index in [0.29, 0.717) is 25.6 Å². The van der Waals surface area contributed by atoms with Crippen LogP contribution in [0, 0.1) is 0 Å². The average Bonchev–Trinajstić information content (AvgIpc) is 2.75. The van der Waals surface area contributed by atoms with E-state index < -0.39 is 10.0 Å². The van der Waals surface area contributed by atoms with Crippen molar-refractivity contribution in [2.24, 2.45) is 4.99 Å². The Balaban J connectivity index is 0.00000400. The van der Waals surface area contributed by atoms with Gasteiger partial charge in [0.05, 0.1) is 5.75 Å². The van der Waals surface area contributed by atoms with Gasteiger partial charge in [0, 0.05) is 46.4 Å². The van der Waals surface area contributed by atoms with Crippen LogP contribution >= 0.6 is 24.0 Å². The van der Waals surface area contributed by atoms with Crippen molar-refractivity contribution >= 4 is 40.0 Å². The lowest BCUT2D eigenvalue weighted by Gasteiger charge is -2.16. The van der Waals surface area contributed by atoms with E-state index in [9.17, 15) is 8.42 Å². The minimum absolute atomic E-state index is 0. The maximum atomic E-state index is 11.6. The Morgan fingerprint density at radius 1 is 1.33 bits per heavy atom. The molecule has 0 aromatic heterocycles. The highest BCUT2D eigenvalue weighted by Crippen LogP contribution is 2.11. The quantitative estimate of drug-likeness (QED) is 0.248. The molecule has 1 saturated heterocycles. The second-order valence-electron chi connectivity index (χ2n) is 4.54. The van der Waals surface area contributed by atoms with Crippen LogP contribution in [0.15, 0.2) is 4.99 Å². The lowest BCUT2D eigenvalue weighted by atomic mass is 10.4. The Morgan fingerprint density at radius 2 is 2.05 bits per heavy atom. The van der Waals surface area contributed by atoms with Gasteiger partial charge in [0.25, 0.3) is 0 Å². The molecular weight excluding hydrogens is 407 g/mol. The molecule has 0 radical (unpaired) electrons. The Morgan fingerprint density at radius 3 is 2.62 bits per heavy atom. The van der Waals surface area contributed by atoms with Gasteiger partial charge in [0.15, 0.2) is 5.96 Å². The lowest BCUT2D eigenvalue weighted by molar-refractivity contribution is 0.145. The van der Waals surface area contributed by atoms with Crippen molar-refractivity contribution in [2.75, 3.05) is 52.2 Å². The van der Waals surface area contributed by atoms with Crippen LogP contribution in [0.4, 0.5) is 0 Å². The molecule has 0 aromatic rings. The van der Waals surface area contributed by atoms with E-state index in [1.807, 2.05) is 6.92 Å². The van der Waals surface area contributed by atoms with Crippen LogP contribution < -0.4 is 10.6 Å². The van der Waals surface area contributed by atoms with Crippen molar-refractivity contribution in [3.8, 4) is 0 Å². The van der Waals surface area contributed by atoms with Crippen LogP contribution in [0.25, 0.3) is 0 Å². The molecule has 126 valence electrons. The standard InChI is InChI=1S/C12H26N4O3S.HI/c1-3-19-10-4-6-14-12(13-2)15-7-9-16-8-5-11-20(16,17)18;/h3-11H2,1-2H3,(H2,13,14,15);1H. The van der Waals surface area contributed by atoms with Gasteiger partial charge in [0.1, 0.15) is 0 Å². The second kappa shape index (κ2) is 11.4. The van der Waals surface area contributed by atoms with Gasteiger partial charge >= 0.3 is 0 Å². The summed E-state index contributed by atoms with van der Waals surface area (Å²) in [5, 5.41) is 6.28. The number of sulfonamides is 1. The first kappa shape index (κ1) is 20.9. The Bertz CT molecular complexity index is 403. The third-order valence-electron chi connectivity index (χ3n) is 3.04. The Hall–Kier alpha value is -0.130. The van der Waals surface area contributed by atoms with Gasteiger partial charge in [-0.25, -0.2) is 12.7 Å². The molecule has 21 heavy (non-hydrogen) atoms. The molecule has 9 heteroatoms. The van der Waals surface area contributed by atoms with Gasteiger partial charge in [-0.3, -0.25) is 4.99 Å². The highest BCUT2D eigenvalue weighted by molar-refractivity contribution is 14.0. The molecule has 0 unspecified atom stereocenters. The summed E-state index contributed by atoms with van der Waals surface area (Å²) >= 11 is 0. The van der Waals surface area contributed by atoms with E-state index in [0.717, 1.165) is 32.6 Å². The summed E-state index contributed by atoms with van der Waals surface area (Å²) in [4.78, 5) is 4.09. The average molecular weight is 434 g/mol. The molecule has 0 spiro atoms. The van der Waals surface area contributed by atoms with Crippen molar-refractivity contribution < 1.29 is 13.2 Å². The molecule has 1 heterocycles. The third-order valence-corrected chi connectivity index (χ3v) is 5.00. The predicted molar refractivity (Wildman–Crippen MR) is 95.9 cm³/mol. The fourth-order valence-electron chi connectivity index (χ4n) is 1.99. The SMILES string of the molecule is CCOCCCNC(=NC)NCCN1CCCS1(=O)=O.I. The van der Waals surface area contributed by atoms with Gasteiger partial charge in [0.2, 0.25) is 10.0 Å². The summed E-state index contributed by atoms with van der Waals surface area (Å²) in [5.74, 6) is 0.968. The first-order valence-electron chi connectivity index (χ1n) is 7.10. The molecule has 7 nitrogen and oxygen atoms in total. The van der Waals surface area contributed by atoms with Crippen LogP contribution in [0.2, 0.25) is 0 Å². The molecule has 1 fully saturated rings. The van der Waals surface area contributed by atoms with Crippen LogP contribution in [-0.4, -0.2) is 70.9 Å². The first-order chi connectivity index (χ1) is 9.60. The van der Waals surface area contributed by atoms with Gasteiger partial charge in [-0.15, -0.1) is 24.0 Å². The first-order valence-corrected chi connectivity index (χ1v) is 8.71. The number of hydrogen-bond donors (Lipinski definition) is 2. The predicted octanol–water partition coefficient (Wildman–Crippen LogP) is 0.232. The molecule has 1 aliphatic rings. The van der Waals surface area contributed by atoms with Crippen LogP contribution in [0.1, 0.15) is 19.8 Å². The fourth-order valence-corrected chi connectivity index (χ4v) is 3.52. The molecule has 0 bridgehead atoms. The Kier molecular flexibility index (Phi) is 11.4. The zero-order chi connectivity index (χ0) is 14.8. The number of halogens is 1. The highest BCUT2D eigenvalue weighted by atomic mass is 127. The van der Waals surface area contributed by atoms with Crippen molar-refractivity contribution in [2.45, 2.75) is 19.8 Å². The zero-order valence-corrected chi connectivity index (χ0v) is 15.9. The molecular formula is C12H27IN4O3S. The van der Waals surface area contributed by atoms with E-state index >= 15 is 0 Å². The molecule has 0 saturated carbocycles. The third kappa shape index (κ3) is 8.17. The molecule has 0 aliphatic carbocycles. The molecule has 1 aliphatic heterocycles. The summed E-state index contributed by atoms with van der Waals surface area (Å²) < 4.78 is 30.0. The number of rotatable bonds is 8. The van der Waals surface area contributed by atoms with E-state index in [1.165, 1.54) is 4.31 Å². The molecule has 2 N–H and O–H groups in total. The van der Waals surface area contributed by atoms with Crippen LogP contribution in [0.5, 0.6) is 0 Å². The summed E-state index contributed by atoms with van der Waals surface area (Å²) in [5.41, 5.74) is 0. The minimum Gasteiger partial charge on any atom is -0.382 e. The number of guanidine groups is 1. The van der Waals surface area contributed by atoms with Gasteiger partial charge < -0.3 is 15.4 Å².